The van der Waals surface area contributed by atoms with Gasteiger partial charge >= 0.3 is 0 Å². The Labute approximate surface area is 198 Å². The molecule has 0 fully saturated rings. The van der Waals surface area contributed by atoms with Crippen molar-refractivity contribution in [3.8, 4) is 0 Å². The lowest BCUT2D eigenvalue weighted by molar-refractivity contribution is 0.0954. The van der Waals surface area contributed by atoms with Crippen LogP contribution in [0.2, 0.25) is 10.0 Å². The number of carbonyl (C=O) groups is 1. The number of para-hydroxylation sites is 1. The zero-order chi connectivity index (χ0) is 22.0. The first-order chi connectivity index (χ1) is 15.0. The minimum absolute atomic E-state index is 0.280. The fourth-order valence-corrected chi connectivity index (χ4v) is 4.44. The van der Waals surface area contributed by atoms with E-state index < -0.39 is 0 Å². The van der Waals surface area contributed by atoms with Crippen LogP contribution in [0.1, 0.15) is 27.2 Å². The summed E-state index contributed by atoms with van der Waals surface area (Å²) >= 11 is 15.8. The second-order valence-electron chi connectivity index (χ2n) is 7.02. The van der Waals surface area contributed by atoms with E-state index in [0.29, 0.717) is 22.2 Å². The minimum Gasteiger partial charge on any atom is -0.340 e. The molecular formula is C24H18BrCl2N3O. The van der Waals surface area contributed by atoms with E-state index in [1.165, 1.54) is 0 Å². The fourth-order valence-electron chi connectivity index (χ4n) is 3.51. The van der Waals surface area contributed by atoms with Crippen molar-refractivity contribution >= 4 is 62.2 Å². The Bertz CT molecular complexity index is 1310. The van der Waals surface area contributed by atoms with Gasteiger partial charge in [-0.3, -0.25) is 4.79 Å². The summed E-state index contributed by atoms with van der Waals surface area (Å²) in [6, 6.07) is 20.8. The largest absolute Gasteiger partial charge is 0.340 e. The van der Waals surface area contributed by atoms with Crippen LogP contribution in [0.3, 0.4) is 0 Å². The molecule has 7 heteroatoms. The molecule has 1 N–H and O–H groups in total. The summed E-state index contributed by atoms with van der Waals surface area (Å²) in [4.78, 5) is 12.4. The number of nitrogens with zero attached hydrogens (tertiary/aromatic N) is 2. The third kappa shape index (κ3) is 4.54. The molecule has 0 saturated heterocycles. The molecule has 0 saturated carbocycles. The predicted molar refractivity (Wildman–Crippen MR) is 131 cm³/mol. The van der Waals surface area contributed by atoms with Crippen LogP contribution in [0.25, 0.3) is 10.9 Å². The summed E-state index contributed by atoms with van der Waals surface area (Å²) in [6.45, 7) is 2.63. The van der Waals surface area contributed by atoms with E-state index >= 15 is 0 Å². The number of halogens is 3. The molecule has 1 heterocycles. The highest BCUT2D eigenvalue weighted by Gasteiger charge is 2.14. The van der Waals surface area contributed by atoms with Crippen molar-refractivity contribution in [1.82, 2.24) is 9.99 Å². The number of hydrogen-bond acceptors (Lipinski definition) is 2. The highest BCUT2D eigenvalue weighted by atomic mass is 79.9. The maximum Gasteiger partial charge on any atom is 0.272 e. The number of aromatic nitrogens is 1. The van der Waals surface area contributed by atoms with Gasteiger partial charge in [0.15, 0.2) is 0 Å². The van der Waals surface area contributed by atoms with Crippen LogP contribution >= 0.6 is 39.1 Å². The molecule has 0 spiro atoms. The zero-order valence-corrected chi connectivity index (χ0v) is 19.7. The van der Waals surface area contributed by atoms with Crippen molar-refractivity contribution in [3.63, 3.8) is 0 Å². The number of hydrazone groups is 1. The van der Waals surface area contributed by atoms with E-state index in [1.54, 1.807) is 18.3 Å². The smallest absolute Gasteiger partial charge is 0.272 e. The molecule has 0 radical (unpaired) electrons. The summed E-state index contributed by atoms with van der Waals surface area (Å²) in [5.74, 6) is -0.280. The minimum atomic E-state index is -0.280. The highest BCUT2D eigenvalue weighted by molar-refractivity contribution is 9.10. The average Bonchev–Trinajstić information content (AvgIpc) is 3.01. The molecule has 0 atom stereocenters. The monoisotopic (exact) mass is 513 g/mol. The Hall–Kier alpha value is -2.60. The Morgan fingerprint density at radius 2 is 1.84 bits per heavy atom. The standard InChI is InChI=1S/C24H18BrCl2N3O/c1-15-20(13-28-29-24(31)19-7-2-4-8-21(19)25)18-6-3-5-9-23(18)30(15)14-16-10-11-17(26)12-22(16)27/h2-13H,14H2,1H3,(H,29,31)/b28-13-. The van der Waals surface area contributed by atoms with E-state index in [0.717, 1.165) is 32.2 Å². The zero-order valence-electron chi connectivity index (χ0n) is 16.6. The first kappa shape index (κ1) is 21.6. The maximum atomic E-state index is 12.4. The van der Waals surface area contributed by atoms with Gasteiger partial charge in [0.25, 0.3) is 5.91 Å². The van der Waals surface area contributed by atoms with Gasteiger partial charge in [0.2, 0.25) is 0 Å². The van der Waals surface area contributed by atoms with Gasteiger partial charge in [-0.1, -0.05) is 59.6 Å². The van der Waals surface area contributed by atoms with Gasteiger partial charge < -0.3 is 4.57 Å². The van der Waals surface area contributed by atoms with Crippen molar-refractivity contribution in [2.75, 3.05) is 0 Å². The summed E-state index contributed by atoms with van der Waals surface area (Å²) in [5.41, 5.74) is 7.12. The molecule has 0 bridgehead atoms. The van der Waals surface area contributed by atoms with Crippen molar-refractivity contribution in [2.24, 2.45) is 5.10 Å². The van der Waals surface area contributed by atoms with E-state index in [2.05, 4.69) is 37.1 Å². The first-order valence-electron chi connectivity index (χ1n) is 9.55. The van der Waals surface area contributed by atoms with Gasteiger partial charge in [-0.2, -0.15) is 5.10 Å². The Balaban J connectivity index is 1.66. The summed E-state index contributed by atoms with van der Waals surface area (Å²) in [5, 5.41) is 6.50. The molecule has 0 aliphatic carbocycles. The molecule has 156 valence electrons. The topological polar surface area (TPSA) is 46.4 Å². The van der Waals surface area contributed by atoms with Crippen LogP contribution in [-0.4, -0.2) is 16.7 Å². The lowest BCUT2D eigenvalue weighted by atomic mass is 10.1. The molecule has 1 amide bonds. The molecule has 4 nitrogen and oxygen atoms in total. The van der Waals surface area contributed by atoms with E-state index in [1.807, 2.05) is 55.5 Å². The Morgan fingerprint density at radius 3 is 2.61 bits per heavy atom. The number of nitrogens with one attached hydrogen (secondary N) is 1. The lowest BCUT2D eigenvalue weighted by Gasteiger charge is -2.10. The van der Waals surface area contributed by atoms with E-state index in [9.17, 15) is 4.79 Å². The molecule has 0 aliphatic rings. The predicted octanol–water partition coefficient (Wildman–Crippen LogP) is 6.83. The Kier molecular flexibility index (Phi) is 6.46. The van der Waals surface area contributed by atoms with Crippen LogP contribution in [0.5, 0.6) is 0 Å². The van der Waals surface area contributed by atoms with Crippen LogP contribution in [-0.2, 0) is 6.54 Å². The maximum absolute atomic E-state index is 12.4. The first-order valence-corrected chi connectivity index (χ1v) is 11.1. The molecule has 3 aromatic carbocycles. The molecular weight excluding hydrogens is 497 g/mol. The number of fused-ring (bicyclic) bond motifs is 1. The van der Waals surface area contributed by atoms with Crippen LogP contribution in [0.4, 0.5) is 0 Å². The van der Waals surface area contributed by atoms with Gasteiger partial charge in [0.05, 0.1) is 11.8 Å². The SMILES string of the molecule is Cc1c(/C=N\NC(=O)c2ccccc2Br)c2ccccc2n1Cc1ccc(Cl)cc1Cl. The molecule has 4 rings (SSSR count). The highest BCUT2D eigenvalue weighted by Crippen LogP contribution is 2.28. The number of benzene rings is 3. The van der Waals surface area contributed by atoms with Crippen LogP contribution < -0.4 is 5.43 Å². The summed E-state index contributed by atoms with van der Waals surface area (Å²) < 4.78 is 2.90. The quantitative estimate of drug-likeness (QED) is 0.230. The average molecular weight is 515 g/mol. The molecule has 0 unspecified atom stereocenters. The third-order valence-electron chi connectivity index (χ3n) is 5.10. The number of rotatable bonds is 5. The van der Waals surface area contributed by atoms with Crippen LogP contribution in [0.15, 0.2) is 76.3 Å². The van der Waals surface area contributed by atoms with E-state index in [4.69, 9.17) is 23.2 Å². The molecule has 4 aromatic rings. The lowest BCUT2D eigenvalue weighted by Crippen LogP contribution is -2.18. The molecule has 1 aromatic heterocycles. The molecule has 31 heavy (non-hydrogen) atoms. The van der Waals surface area contributed by atoms with E-state index in [-0.39, 0.29) is 5.91 Å². The third-order valence-corrected chi connectivity index (χ3v) is 6.38. The van der Waals surface area contributed by atoms with Crippen molar-refractivity contribution in [1.29, 1.82) is 0 Å². The second-order valence-corrected chi connectivity index (χ2v) is 8.72. The van der Waals surface area contributed by atoms with Crippen molar-refractivity contribution in [2.45, 2.75) is 13.5 Å². The fraction of sp³-hybridized carbons (Fsp3) is 0.0833. The summed E-state index contributed by atoms with van der Waals surface area (Å²) in [6.07, 6.45) is 1.69. The second kappa shape index (κ2) is 9.27. The van der Waals surface area contributed by atoms with Gasteiger partial charge in [0.1, 0.15) is 0 Å². The van der Waals surface area contributed by atoms with Crippen LogP contribution in [0, 0.1) is 6.92 Å². The van der Waals surface area contributed by atoms with Crippen molar-refractivity contribution in [3.05, 3.63) is 104 Å². The van der Waals surface area contributed by atoms with Gasteiger partial charge in [-0.15, -0.1) is 0 Å². The van der Waals surface area contributed by atoms with Gasteiger partial charge in [-0.05, 0) is 58.7 Å². The summed E-state index contributed by atoms with van der Waals surface area (Å²) in [7, 11) is 0. The number of hydrogen-bond donors (Lipinski definition) is 1. The Morgan fingerprint density at radius 1 is 1.10 bits per heavy atom. The molecule has 0 aliphatic heterocycles. The number of amides is 1. The normalized spacial score (nSPS) is 11.4. The van der Waals surface area contributed by atoms with Gasteiger partial charge in [0, 0.05) is 43.2 Å². The number of carbonyl (C=O) groups excluding carboxylic acids is 1. The van der Waals surface area contributed by atoms with Crippen molar-refractivity contribution < 1.29 is 4.79 Å². The van der Waals surface area contributed by atoms with Gasteiger partial charge in [-0.25, -0.2) is 5.43 Å².